The van der Waals surface area contributed by atoms with Crippen molar-refractivity contribution in [2.75, 3.05) is 13.2 Å². The Balaban J connectivity index is 2.10. The van der Waals surface area contributed by atoms with Gasteiger partial charge in [0.15, 0.2) is 12.1 Å². The molecule has 53 heavy (non-hydrogen) atoms. The summed E-state index contributed by atoms with van der Waals surface area (Å²) in [7, 11) is 0. The summed E-state index contributed by atoms with van der Waals surface area (Å²) in [5.74, 6) is -2.18. The lowest BCUT2D eigenvalue weighted by Gasteiger charge is -2.27. The normalized spacial score (nSPS) is 17.6. The van der Waals surface area contributed by atoms with Gasteiger partial charge in [-0.25, -0.2) is 14.4 Å². The molecule has 1 aromatic carbocycles. The smallest absolute Gasteiger partial charge is 0.408 e. The lowest BCUT2D eigenvalue weighted by Crippen LogP contribution is -2.49. The van der Waals surface area contributed by atoms with Crippen molar-refractivity contribution in [3.63, 3.8) is 0 Å². The first-order valence-electron chi connectivity index (χ1n) is 19.8. The molecule has 0 aliphatic carbocycles. The summed E-state index contributed by atoms with van der Waals surface area (Å²) < 4.78 is 28.5. The van der Waals surface area contributed by atoms with Crippen LogP contribution in [0.25, 0.3) is 0 Å². The number of esters is 2. The summed E-state index contributed by atoms with van der Waals surface area (Å²) in [6.07, 6.45) is 12.3. The van der Waals surface area contributed by atoms with Crippen molar-refractivity contribution >= 4 is 23.9 Å². The second-order valence-electron chi connectivity index (χ2n) is 15.5. The molecule has 1 fully saturated rings. The Bertz CT molecular complexity index is 1230. The fourth-order valence-corrected chi connectivity index (χ4v) is 6.07. The SMILES string of the molecule is C=CCOC(=O)[C@@H](NC(=O)[C@H]1O[C@@H]1[C@@H](C)[C@@H](CCCCCCCCCCCCC)OC(=O)[C@H](COCc1ccccc1)NC(=O)OC(C)(C)C)C(C)C. The van der Waals surface area contributed by atoms with Gasteiger partial charge in [0.05, 0.1) is 13.2 Å². The molecule has 6 atom stereocenters. The first-order chi connectivity index (χ1) is 25.3. The van der Waals surface area contributed by atoms with Crippen molar-refractivity contribution in [2.45, 2.75) is 168 Å². The number of carbonyl (C=O) groups excluding carboxylic acids is 4. The minimum atomic E-state index is -1.13. The summed E-state index contributed by atoms with van der Waals surface area (Å²) in [6.45, 7) is 16.7. The van der Waals surface area contributed by atoms with Gasteiger partial charge in [-0.1, -0.05) is 135 Å². The van der Waals surface area contributed by atoms with Crippen LogP contribution in [0.5, 0.6) is 0 Å². The van der Waals surface area contributed by atoms with Gasteiger partial charge in [-0.05, 0) is 45.1 Å². The van der Waals surface area contributed by atoms with Gasteiger partial charge in [-0.15, -0.1) is 0 Å². The lowest BCUT2D eigenvalue weighted by atomic mass is 9.93. The minimum absolute atomic E-state index is 0.0463. The standard InChI is InChI=1S/C42H68N2O9/c1-9-11-12-13-14-15-16-17-18-19-23-26-34(31(5)36-37(52-36)38(45)44-35(30(3)4)40(47)50-27-10-2)51-39(46)33(43-41(48)53-42(6,7)8)29-49-28-32-24-21-20-22-25-32/h10,20-22,24-25,30-31,33-37H,2,9,11-19,23,26-29H2,1,3-8H3,(H,43,48)(H,44,45)/t31-,33-,34+,35-,36+,37-/m0/s1. The van der Waals surface area contributed by atoms with E-state index in [9.17, 15) is 19.2 Å². The Morgan fingerprint density at radius 3 is 2.04 bits per heavy atom. The van der Waals surface area contributed by atoms with Gasteiger partial charge in [-0.2, -0.15) is 0 Å². The molecule has 2 amide bonds. The lowest BCUT2D eigenvalue weighted by molar-refractivity contribution is -0.157. The number of rotatable bonds is 27. The highest BCUT2D eigenvalue weighted by Gasteiger charge is 2.52. The molecule has 1 aromatic rings. The molecule has 0 bridgehead atoms. The average Bonchev–Trinajstić information content (AvgIpc) is 3.91. The number of amides is 2. The van der Waals surface area contributed by atoms with Crippen LogP contribution in [-0.4, -0.2) is 73.1 Å². The van der Waals surface area contributed by atoms with Crippen LogP contribution in [0.2, 0.25) is 0 Å². The van der Waals surface area contributed by atoms with Crippen LogP contribution in [0.1, 0.15) is 131 Å². The molecule has 11 heteroatoms. The highest BCUT2D eigenvalue weighted by atomic mass is 16.6. The molecule has 1 aliphatic rings. The van der Waals surface area contributed by atoms with E-state index in [4.69, 9.17) is 23.7 Å². The molecule has 2 rings (SSSR count). The van der Waals surface area contributed by atoms with Crippen LogP contribution in [0.3, 0.4) is 0 Å². The zero-order valence-electron chi connectivity index (χ0n) is 33.5. The Hall–Kier alpha value is -3.44. The summed E-state index contributed by atoms with van der Waals surface area (Å²) in [6, 6.07) is 7.55. The molecule has 1 saturated heterocycles. The second kappa shape index (κ2) is 24.8. The Morgan fingerprint density at radius 2 is 1.47 bits per heavy atom. The van der Waals surface area contributed by atoms with Crippen LogP contribution in [-0.2, 0) is 44.7 Å². The third-order valence-electron chi connectivity index (χ3n) is 9.18. The molecule has 0 aromatic heterocycles. The van der Waals surface area contributed by atoms with Crippen LogP contribution in [0.15, 0.2) is 43.0 Å². The van der Waals surface area contributed by atoms with Crippen LogP contribution < -0.4 is 10.6 Å². The van der Waals surface area contributed by atoms with Crippen molar-refractivity contribution in [1.29, 1.82) is 0 Å². The molecular formula is C42H68N2O9. The molecular weight excluding hydrogens is 676 g/mol. The monoisotopic (exact) mass is 744 g/mol. The highest BCUT2D eigenvalue weighted by Crippen LogP contribution is 2.35. The van der Waals surface area contributed by atoms with E-state index in [1.807, 2.05) is 51.1 Å². The van der Waals surface area contributed by atoms with Gasteiger partial charge in [-0.3, -0.25) is 4.79 Å². The topological polar surface area (TPSA) is 142 Å². The minimum Gasteiger partial charge on any atom is -0.460 e. The maximum Gasteiger partial charge on any atom is 0.408 e. The van der Waals surface area contributed by atoms with Crippen molar-refractivity contribution in [2.24, 2.45) is 11.8 Å². The van der Waals surface area contributed by atoms with Crippen molar-refractivity contribution in [1.82, 2.24) is 10.6 Å². The van der Waals surface area contributed by atoms with Crippen LogP contribution in [0, 0.1) is 11.8 Å². The second-order valence-corrected chi connectivity index (χ2v) is 15.5. The van der Waals surface area contributed by atoms with Gasteiger partial charge in [0, 0.05) is 5.92 Å². The number of ether oxygens (including phenoxy) is 5. The van der Waals surface area contributed by atoms with E-state index in [2.05, 4.69) is 24.1 Å². The number of nitrogens with one attached hydrogen (secondary N) is 2. The van der Waals surface area contributed by atoms with Gasteiger partial charge < -0.3 is 34.3 Å². The van der Waals surface area contributed by atoms with E-state index in [1.165, 1.54) is 51.0 Å². The molecule has 300 valence electrons. The first kappa shape index (κ1) is 45.7. The maximum absolute atomic E-state index is 13.8. The predicted octanol–water partition coefficient (Wildman–Crippen LogP) is 7.98. The van der Waals surface area contributed by atoms with Gasteiger partial charge >= 0.3 is 18.0 Å². The summed E-state index contributed by atoms with van der Waals surface area (Å²) >= 11 is 0. The van der Waals surface area contributed by atoms with E-state index in [0.717, 1.165) is 31.2 Å². The van der Waals surface area contributed by atoms with Gasteiger partial charge in [0.2, 0.25) is 0 Å². The fourth-order valence-electron chi connectivity index (χ4n) is 6.07. The Kier molecular flexibility index (Phi) is 21.4. The van der Waals surface area contributed by atoms with Crippen LogP contribution >= 0.6 is 0 Å². The van der Waals surface area contributed by atoms with Gasteiger partial charge in [0.1, 0.15) is 30.5 Å². The van der Waals surface area contributed by atoms with E-state index in [1.54, 1.807) is 20.8 Å². The van der Waals surface area contributed by atoms with Crippen molar-refractivity contribution < 1.29 is 42.9 Å². The largest absolute Gasteiger partial charge is 0.460 e. The Morgan fingerprint density at radius 1 is 0.868 bits per heavy atom. The summed E-state index contributed by atoms with van der Waals surface area (Å²) in [5.41, 5.74) is 0.148. The summed E-state index contributed by atoms with van der Waals surface area (Å²) in [4.78, 5) is 52.4. The summed E-state index contributed by atoms with van der Waals surface area (Å²) in [5, 5.41) is 5.42. The number of benzene rings is 1. The van der Waals surface area contributed by atoms with E-state index in [-0.39, 0.29) is 31.7 Å². The van der Waals surface area contributed by atoms with E-state index in [0.29, 0.717) is 6.42 Å². The number of unbranched alkanes of at least 4 members (excludes halogenated alkanes) is 10. The molecule has 0 spiro atoms. The number of hydrogen-bond acceptors (Lipinski definition) is 9. The predicted molar refractivity (Wildman–Crippen MR) is 206 cm³/mol. The van der Waals surface area contributed by atoms with E-state index >= 15 is 0 Å². The molecule has 0 radical (unpaired) electrons. The molecule has 1 aliphatic heterocycles. The van der Waals surface area contributed by atoms with Crippen molar-refractivity contribution in [3.8, 4) is 0 Å². The molecule has 11 nitrogen and oxygen atoms in total. The molecule has 0 unspecified atom stereocenters. The third-order valence-corrected chi connectivity index (χ3v) is 9.18. The first-order valence-corrected chi connectivity index (χ1v) is 19.8. The van der Waals surface area contributed by atoms with Gasteiger partial charge in [0.25, 0.3) is 5.91 Å². The zero-order valence-corrected chi connectivity index (χ0v) is 33.5. The highest BCUT2D eigenvalue weighted by molar-refractivity contribution is 5.89. The number of epoxide rings is 1. The quantitative estimate of drug-likeness (QED) is 0.0302. The maximum atomic E-state index is 13.8. The number of alkyl carbamates (subject to hydrolysis) is 1. The molecule has 2 N–H and O–H groups in total. The Labute approximate surface area is 318 Å². The number of hydrogen-bond donors (Lipinski definition) is 2. The molecule has 1 heterocycles. The molecule has 0 saturated carbocycles. The fraction of sp³-hybridized carbons (Fsp3) is 0.714. The number of carbonyl (C=O) groups is 4. The van der Waals surface area contributed by atoms with E-state index < -0.39 is 59.9 Å². The average molecular weight is 745 g/mol. The van der Waals surface area contributed by atoms with Crippen molar-refractivity contribution in [3.05, 3.63) is 48.6 Å². The third kappa shape index (κ3) is 18.9. The van der Waals surface area contributed by atoms with Crippen LogP contribution in [0.4, 0.5) is 4.79 Å². The zero-order chi connectivity index (χ0) is 39.2.